The number of amides is 1. The smallest absolute Gasteiger partial charge is 0.223 e. The first-order chi connectivity index (χ1) is 12.7. The number of benzene rings is 1. The maximum atomic E-state index is 12.1. The van der Waals surface area contributed by atoms with E-state index in [1.165, 1.54) is 19.3 Å². The van der Waals surface area contributed by atoms with Crippen LogP contribution >= 0.6 is 24.0 Å². The van der Waals surface area contributed by atoms with Crippen LogP contribution in [0.3, 0.4) is 0 Å². The van der Waals surface area contributed by atoms with Crippen molar-refractivity contribution in [2.24, 2.45) is 10.9 Å². The van der Waals surface area contributed by atoms with Gasteiger partial charge in [-0.2, -0.15) is 0 Å². The molecule has 2 rings (SSSR count). The van der Waals surface area contributed by atoms with Crippen molar-refractivity contribution in [1.29, 1.82) is 0 Å². The Hall–Kier alpha value is -1.51. The van der Waals surface area contributed by atoms with Crippen molar-refractivity contribution in [3.05, 3.63) is 29.8 Å². The molecule has 6 nitrogen and oxygen atoms in total. The Balaban J connectivity index is 0.00000364. The first-order valence-corrected chi connectivity index (χ1v) is 9.58. The second-order valence-electron chi connectivity index (χ2n) is 6.61. The van der Waals surface area contributed by atoms with Gasteiger partial charge in [-0.05, 0) is 30.9 Å². The van der Waals surface area contributed by atoms with Crippen molar-refractivity contribution in [2.75, 3.05) is 33.8 Å². The van der Waals surface area contributed by atoms with Gasteiger partial charge in [-0.3, -0.25) is 9.79 Å². The van der Waals surface area contributed by atoms with Crippen LogP contribution < -0.4 is 20.7 Å². The van der Waals surface area contributed by atoms with Gasteiger partial charge >= 0.3 is 0 Å². The molecule has 0 atom stereocenters. The van der Waals surface area contributed by atoms with E-state index < -0.39 is 0 Å². The van der Waals surface area contributed by atoms with Crippen LogP contribution in [0, 0.1) is 5.92 Å². The number of nitrogens with one attached hydrogen (secondary N) is 3. The van der Waals surface area contributed by atoms with Crippen molar-refractivity contribution in [1.82, 2.24) is 16.0 Å². The average Bonchev–Trinajstić information content (AvgIpc) is 2.70. The molecule has 1 amide bonds. The van der Waals surface area contributed by atoms with Gasteiger partial charge in [-0.25, -0.2) is 0 Å². The van der Waals surface area contributed by atoms with Crippen molar-refractivity contribution in [3.8, 4) is 5.75 Å². The van der Waals surface area contributed by atoms with Crippen LogP contribution in [0.4, 0.5) is 0 Å². The van der Waals surface area contributed by atoms with Gasteiger partial charge in [0, 0.05) is 32.6 Å². The van der Waals surface area contributed by atoms with Crippen molar-refractivity contribution >= 4 is 35.8 Å². The monoisotopic (exact) mass is 488 g/mol. The molecule has 0 saturated heterocycles. The fourth-order valence-electron chi connectivity index (χ4n) is 3.32. The highest BCUT2D eigenvalue weighted by Gasteiger charge is 2.20. The van der Waals surface area contributed by atoms with E-state index in [0.717, 1.165) is 43.1 Å². The number of carbonyl (C=O) groups excluding carboxylic acids is 1. The molecule has 0 heterocycles. The first kappa shape index (κ1) is 23.5. The van der Waals surface area contributed by atoms with Gasteiger partial charge in [0.15, 0.2) is 5.96 Å². The third-order valence-electron chi connectivity index (χ3n) is 4.80. The van der Waals surface area contributed by atoms with Crippen LogP contribution in [0.25, 0.3) is 0 Å². The number of halogens is 1. The summed E-state index contributed by atoms with van der Waals surface area (Å²) in [7, 11) is 3.44. The summed E-state index contributed by atoms with van der Waals surface area (Å²) in [5.74, 6) is 2.06. The second-order valence-corrected chi connectivity index (χ2v) is 6.61. The van der Waals surface area contributed by atoms with E-state index in [-0.39, 0.29) is 35.8 Å². The van der Waals surface area contributed by atoms with E-state index in [1.54, 1.807) is 14.2 Å². The Morgan fingerprint density at radius 2 is 1.74 bits per heavy atom. The first-order valence-electron chi connectivity index (χ1n) is 9.58. The van der Waals surface area contributed by atoms with Crippen LogP contribution in [0.1, 0.15) is 37.7 Å². The molecule has 0 aliphatic heterocycles. The number of guanidine groups is 1. The van der Waals surface area contributed by atoms with E-state index in [1.807, 2.05) is 18.2 Å². The van der Waals surface area contributed by atoms with Gasteiger partial charge in [0.25, 0.3) is 0 Å². The molecule has 1 fully saturated rings. The minimum Gasteiger partial charge on any atom is -0.496 e. The Morgan fingerprint density at radius 3 is 2.44 bits per heavy atom. The van der Waals surface area contributed by atoms with Crippen LogP contribution in [0.15, 0.2) is 29.3 Å². The Bertz CT molecular complexity index is 589. The molecule has 3 N–H and O–H groups in total. The van der Waals surface area contributed by atoms with Crippen molar-refractivity contribution in [3.63, 3.8) is 0 Å². The SMILES string of the molecule is CN=C(NCCNC(=O)C1CCCCC1)NCCc1ccccc1OC.I. The molecule has 0 aromatic heterocycles. The van der Waals surface area contributed by atoms with Crippen LogP contribution in [-0.2, 0) is 11.2 Å². The summed E-state index contributed by atoms with van der Waals surface area (Å²) in [5.41, 5.74) is 1.16. The van der Waals surface area contributed by atoms with E-state index >= 15 is 0 Å². The molecule has 0 radical (unpaired) electrons. The molecule has 7 heteroatoms. The molecular weight excluding hydrogens is 455 g/mol. The van der Waals surface area contributed by atoms with Gasteiger partial charge < -0.3 is 20.7 Å². The minimum atomic E-state index is 0. The van der Waals surface area contributed by atoms with E-state index in [2.05, 4.69) is 27.0 Å². The van der Waals surface area contributed by atoms with E-state index in [9.17, 15) is 4.79 Å². The predicted octanol–water partition coefficient (Wildman–Crippen LogP) is 2.72. The predicted molar refractivity (Wildman–Crippen MR) is 121 cm³/mol. The van der Waals surface area contributed by atoms with Crippen molar-refractivity contribution in [2.45, 2.75) is 38.5 Å². The molecule has 0 spiro atoms. The second kappa shape index (κ2) is 13.6. The summed E-state index contributed by atoms with van der Waals surface area (Å²) >= 11 is 0. The topological polar surface area (TPSA) is 74.8 Å². The minimum absolute atomic E-state index is 0. The summed E-state index contributed by atoms with van der Waals surface area (Å²) in [4.78, 5) is 16.3. The largest absolute Gasteiger partial charge is 0.496 e. The zero-order chi connectivity index (χ0) is 18.6. The maximum Gasteiger partial charge on any atom is 0.223 e. The lowest BCUT2D eigenvalue weighted by Crippen LogP contribution is -2.43. The number of hydrogen-bond donors (Lipinski definition) is 3. The molecule has 1 aromatic rings. The summed E-state index contributed by atoms with van der Waals surface area (Å²) < 4.78 is 5.37. The number of aliphatic imine (C=N–C) groups is 1. The number of rotatable bonds is 8. The van der Waals surface area contributed by atoms with Crippen molar-refractivity contribution < 1.29 is 9.53 Å². The van der Waals surface area contributed by atoms with Gasteiger partial charge in [0.1, 0.15) is 5.75 Å². The van der Waals surface area contributed by atoms with Crippen LogP contribution in [0.2, 0.25) is 0 Å². The molecule has 1 saturated carbocycles. The molecular formula is C20H33IN4O2. The summed E-state index contributed by atoms with van der Waals surface area (Å²) in [6, 6.07) is 8.02. The fraction of sp³-hybridized carbons (Fsp3) is 0.600. The molecule has 1 aromatic carbocycles. The lowest BCUT2D eigenvalue weighted by atomic mass is 9.89. The summed E-state index contributed by atoms with van der Waals surface area (Å²) in [5, 5.41) is 9.55. The lowest BCUT2D eigenvalue weighted by Gasteiger charge is -2.21. The maximum absolute atomic E-state index is 12.1. The standard InChI is InChI=1S/C20H32N4O2.HI/c1-21-20(23-13-12-16-8-6-7-11-18(16)26-2)24-15-14-22-19(25)17-9-4-3-5-10-17;/h6-8,11,17H,3-5,9-10,12-15H2,1-2H3,(H,22,25)(H2,21,23,24);1H. The van der Waals surface area contributed by atoms with E-state index in [4.69, 9.17) is 4.74 Å². The molecule has 0 bridgehead atoms. The highest BCUT2D eigenvalue weighted by Crippen LogP contribution is 2.23. The third kappa shape index (κ3) is 8.36. The molecule has 27 heavy (non-hydrogen) atoms. The summed E-state index contributed by atoms with van der Waals surface area (Å²) in [6.45, 7) is 2.03. The quantitative estimate of drug-likeness (QED) is 0.228. The van der Waals surface area contributed by atoms with Gasteiger partial charge in [0.2, 0.25) is 5.91 Å². The summed E-state index contributed by atoms with van der Waals surface area (Å²) in [6.07, 6.45) is 6.54. The normalized spacial score (nSPS) is 14.8. The zero-order valence-corrected chi connectivity index (χ0v) is 18.8. The Kier molecular flexibility index (Phi) is 11.9. The molecule has 152 valence electrons. The van der Waals surface area contributed by atoms with E-state index in [0.29, 0.717) is 13.1 Å². The van der Waals surface area contributed by atoms with Gasteiger partial charge in [-0.1, -0.05) is 37.5 Å². The van der Waals surface area contributed by atoms with Gasteiger partial charge in [-0.15, -0.1) is 24.0 Å². The Morgan fingerprint density at radius 1 is 1.07 bits per heavy atom. The number of hydrogen-bond acceptors (Lipinski definition) is 3. The third-order valence-corrected chi connectivity index (χ3v) is 4.80. The van der Waals surface area contributed by atoms with Crippen LogP contribution in [0.5, 0.6) is 5.75 Å². The highest BCUT2D eigenvalue weighted by molar-refractivity contribution is 14.0. The lowest BCUT2D eigenvalue weighted by molar-refractivity contribution is -0.125. The number of carbonyl (C=O) groups is 1. The van der Waals surface area contributed by atoms with Crippen LogP contribution in [-0.4, -0.2) is 45.7 Å². The number of para-hydroxylation sites is 1. The number of ether oxygens (including phenoxy) is 1. The highest BCUT2D eigenvalue weighted by atomic mass is 127. The molecule has 1 aliphatic rings. The molecule has 0 unspecified atom stereocenters. The number of nitrogens with zero attached hydrogens (tertiary/aromatic N) is 1. The van der Waals surface area contributed by atoms with Gasteiger partial charge in [0.05, 0.1) is 7.11 Å². The molecule has 1 aliphatic carbocycles. The number of methoxy groups -OCH3 is 1. The average molecular weight is 488 g/mol. The Labute approximate surface area is 179 Å². The fourth-order valence-corrected chi connectivity index (χ4v) is 3.32. The zero-order valence-electron chi connectivity index (χ0n) is 16.4.